The summed E-state index contributed by atoms with van der Waals surface area (Å²) in [6.07, 6.45) is 4.08. The monoisotopic (exact) mass is 556 g/mol. The van der Waals surface area contributed by atoms with Gasteiger partial charge < -0.3 is 23.5 Å². The van der Waals surface area contributed by atoms with Crippen LogP contribution in [0.3, 0.4) is 0 Å². The maximum Gasteiger partial charge on any atom is 0.305 e. The van der Waals surface area contributed by atoms with E-state index in [1.807, 2.05) is 30.3 Å². The lowest BCUT2D eigenvalue weighted by molar-refractivity contribution is -0.140. The second kappa shape index (κ2) is 12.4. The molecule has 1 aliphatic heterocycles. The third kappa shape index (κ3) is 5.84. The van der Waals surface area contributed by atoms with Crippen molar-refractivity contribution in [1.29, 1.82) is 0 Å². The van der Waals surface area contributed by atoms with Crippen molar-refractivity contribution in [1.82, 2.24) is 4.98 Å². The van der Waals surface area contributed by atoms with E-state index >= 15 is 0 Å². The van der Waals surface area contributed by atoms with Crippen LogP contribution in [0.1, 0.15) is 34.4 Å². The van der Waals surface area contributed by atoms with Gasteiger partial charge in [0, 0.05) is 35.7 Å². The smallest absolute Gasteiger partial charge is 0.305 e. The molecule has 0 N–H and O–H groups in total. The van der Waals surface area contributed by atoms with E-state index < -0.39 is 5.25 Å². The van der Waals surface area contributed by atoms with Gasteiger partial charge in [-0.15, -0.1) is 18.3 Å². The third-order valence-corrected chi connectivity index (χ3v) is 7.91. The first-order valence-electron chi connectivity index (χ1n) is 12.0. The highest BCUT2D eigenvalue weighted by molar-refractivity contribution is 8.01. The number of esters is 1. The number of methoxy groups -OCH3 is 3. The number of halogens is 1. The zero-order valence-electron chi connectivity index (χ0n) is 21.4. The van der Waals surface area contributed by atoms with Crippen molar-refractivity contribution in [3.05, 3.63) is 83.1 Å². The molecule has 2 unspecified atom stereocenters. The molecule has 0 radical (unpaired) electrons. The Bertz CT molecular complexity index is 1330. The van der Waals surface area contributed by atoms with Crippen LogP contribution < -0.4 is 14.4 Å². The molecular weight excluding hydrogens is 528 g/mol. The standard InChI is InChI=1S/C28H29ClN2O6S/c1-5-13-31-21-11-9-17(29)14-20(21)27(19-7-6-8-22(34-2)26(19)36-4)38-23(28(31)33)15-24-30-16-18(37-24)10-12-25(32)35-3/h5-9,11,14,16,23,27H,1,10,12-13,15H2,2-4H3. The van der Waals surface area contributed by atoms with Crippen molar-refractivity contribution in [2.24, 2.45) is 0 Å². The number of carbonyl (C=O) groups is 2. The molecule has 10 heteroatoms. The van der Waals surface area contributed by atoms with Crippen LogP contribution in [-0.2, 0) is 27.2 Å². The number of thioether (sulfide) groups is 1. The number of benzene rings is 2. The van der Waals surface area contributed by atoms with Crippen molar-refractivity contribution in [2.75, 3.05) is 32.8 Å². The van der Waals surface area contributed by atoms with Gasteiger partial charge in [0.1, 0.15) is 5.76 Å². The van der Waals surface area contributed by atoms with E-state index in [2.05, 4.69) is 11.6 Å². The van der Waals surface area contributed by atoms with Gasteiger partial charge in [-0.05, 0) is 29.8 Å². The lowest BCUT2D eigenvalue weighted by Gasteiger charge is -2.24. The molecule has 3 aromatic rings. The highest BCUT2D eigenvalue weighted by Crippen LogP contribution is 2.51. The molecule has 1 aliphatic rings. The molecule has 0 saturated carbocycles. The van der Waals surface area contributed by atoms with Crippen molar-refractivity contribution in [3.8, 4) is 11.5 Å². The van der Waals surface area contributed by atoms with Gasteiger partial charge in [-0.2, -0.15) is 0 Å². The topological polar surface area (TPSA) is 91.1 Å². The molecule has 2 aromatic carbocycles. The molecule has 4 rings (SSSR count). The van der Waals surface area contributed by atoms with Crippen molar-refractivity contribution < 1.29 is 28.2 Å². The number of fused-ring (bicyclic) bond motifs is 1. The van der Waals surface area contributed by atoms with Crippen molar-refractivity contribution in [3.63, 3.8) is 0 Å². The Balaban J connectivity index is 1.76. The van der Waals surface area contributed by atoms with E-state index in [0.29, 0.717) is 41.1 Å². The Labute approximate surface area is 230 Å². The summed E-state index contributed by atoms with van der Waals surface area (Å²) in [5.74, 6) is 1.71. The maximum atomic E-state index is 13.9. The van der Waals surface area contributed by atoms with Crippen LogP contribution in [0.2, 0.25) is 5.02 Å². The van der Waals surface area contributed by atoms with E-state index in [4.69, 9.17) is 30.2 Å². The summed E-state index contributed by atoms with van der Waals surface area (Å²) >= 11 is 7.94. The number of amides is 1. The number of aromatic nitrogens is 1. The van der Waals surface area contributed by atoms with Gasteiger partial charge in [-0.25, -0.2) is 4.98 Å². The number of rotatable bonds is 10. The van der Waals surface area contributed by atoms with Crippen LogP contribution in [0.15, 0.2) is 59.7 Å². The number of hydrogen-bond acceptors (Lipinski definition) is 8. The minimum Gasteiger partial charge on any atom is -0.493 e. The molecule has 0 saturated heterocycles. The first-order valence-corrected chi connectivity index (χ1v) is 13.3. The number of anilines is 1. The Hall–Kier alpha value is -3.43. The Morgan fingerprint density at radius 1 is 1.21 bits per heavy atom. The highest BCUT2D eigenvalue weighted by Gasteiger charge is 2.38. The molecule has 200 valence electrons. The van der Waals surface area contributed by atoms with Crippen LogP contribution in [0.5, 0.6) is 11.5 Å². The van der Waals surface area contributed by atoms with Crippen molar-refractivity contribution >= 4 is 40.9 Å². The Morgan fingerprint density at radius 3 is 2.74 bits per heavy atom. The lowest BCUT2D eigenvalue weighted by Crippen LogP contribution is -2.38. The fourth-order valence-electron chi connectivity index (χ4n) is 4.43. The van der Waals surface area contributed by atoms with Gasteiger partial charge in [0.15, 0.2) is 17.4 Å². The quantitative estimate of drug-likeness (QED) is 0.241. The van der Waals surface area contributed by atoms with E-state index in [0.717, 1.165) is 16.8 Å². The largest absolute Gasteiger partial charge is 0.493 e. The summed E-state index contributed by atoms with van der Waals surface area (Å²) in [5, 5.41) is -0.302. The lowest BCUT2D eigenvalue weighted by atomic mass is 10.00. The first kappa shape index (κ1) is 27.6. The molecule has 38 heavy (non-hydrogen) atoms. The molecule has 1 amide bonds. The minimum absolute atomic E-state index is 0.0999. The fraction of sp³-hybridized carbons (Fsp3) is 0.321. The Morgan fingerprint density at radius 2 is 2.03 bits per heavy atom. The second-order valence-corrected chi connectivity index (χ2v) is 10.3. The predicted molar refractivity (Wildman–Crippen MR) is 147 cm³/mol. The third-order valence-electron chi connectivity index (χ3n) is 6.20. The minimum atomic E-state index is -0.547. The molecule has 0 aliphatic carbocycles. The van der Waals surface area contributed by atoms with Crippen LogP contribution in [0, 0.1) is 0 Å². The number of oxazole rings is 1. The highest BCUT2D eigenvalue weighted by atomic mass is 35.5. The van der Waals surface area contributed by atoms with Crippen LogP contribution in [0.25, 0.3) is 0 Å². The summed E-state index contributed by atoms with van der Waals surface area (Å²) in [4.78, 5) is 31.6. The summed E-state index contributed by atoms with van der Waals surface area (Å²) in [6.45, 7) is 4.18. The van der Waals surface area contributed by atoms with E-state index in [-0.39, 0.29) is 30.0 Å². The zero-order valence-corrected chi connectivity index (χ0v) is 23.0. The van der Waals surface area contributed by atoms with Crippen molar-refractivity contribution in [2.45, 2.75) is 29.8 Å². The van der Waals surface area contributed by atoms with E-state index in [9.17, 15) is 9.59 Å². The maximum absolute atomic E-state index is 13.9. The molecule has 1 aromatic heterocycles. The van der Waals surface area contributed by atoms with Gasteiger partial charge in [0.05, 0.1) is 44.4 Å². The predicted octanol–water partition coefficient (Wildman–Crippen LogP) is 5.42. The van der Waals surface area contributed by atoms with E-state index in [1.165, 1.54) is 18.9 Å². The number of hydrogen-bond donors (Lipinski definition) is 0. The summed E-state index contributed by atoms with van der Waals surface area (Å²) in [7, 11) is 4.53. The number of aryl methyl sites for hydroxylation is 1. The van der Waals surface area contributed by atoms with Gasteiger partial charge in [0.2, 0.25) is 5.91 Å². The molecule has 2 heterocycles. The number of para-hydroxylation sites is 1. The summed E-state index contributed by atoms with van der Waals surface area (Å²) < 4.78 is 21.9. The summed E-state index contributed by atoms with van der Waals surface area (Å²) in [6, 6.07) is 11.2. The van der Waals surface area contributed by atoms with Crippen LogP contribution in [-0.4, -0.2) is 50.0 Å². The molecule has 0 spiro atoms. The van der Waals surface area contributed by atoms with Gasteiger partial charge in [0.25, 0.3) is 0 Å². The normalized spacial score (nSPS) is 16.9. The SMILES string of the molecule is C=CCN1C(=O)C(Cc2ncc(CCC(=O)OC)o2)SC(c2cccc(OC)c2OC)c2cc(Cl)ccc21. The van der Waals surface area contributed by atoms with E-state index in [1.54, 1.807) is 37.5 Å². The molecule has 0 bridgehead atoms. The van der Waals surface area contributed by atoms with Gasteiger partial charge in [-0.3, -0.25) is 9.59 Å². The van der Waals surface area contributed by atoms with Crippen LogP contribution in [0.4, 0.5) is 5.69 Å². The second-order valence-electron chi connectivity index (χ2n) is 8.53. The van der Waals surface area contributed by atoms with Gasteiger partial charge in [-0.1, -0.05) is 29.8 Å². The zero-order chi connectivity index (χ0) is 27.2. The summed E-state index contributed by atoms with van der Waals surface area (Å²) in [5.41, 5.74) is 2.47. The average molecular weight is 557 g/mol. The first-order chi connectivity index (χ1) is 18.4. The molecule has 0 fully saturated rings. The van der Waals surface area contributed by atoms with Gasteiger partial charge >= 0.3 is 5.97 Å². The number of carbonyl (C=O) groups excluding carboxylic acids is 2. The molecule has 8 nitrogen and oxygen atoms in total. The Kier molecular flexibility index (Phi) is 9.01. The molecular formula is C28H29ClN2O6S. The number of nitrogens with zero attached hydrogens (tertiary/aromatic N) is 2. The average Bonchev–Trinajstić information content (AvgIpc) is 3.35. The molecule has 2 atom stereocenters. The fourth-order valence-corrected chi connectivity index (χ4v) is 6.08. The number of ether oxygens (including phenoxy) is 3. The van der Waals surface area contributed by atoms with Crippen LogP contribution >= 0.6 is 23.4 Å².